The molecule has 0 radical (unpaired) electrons. The lowest BCUT2D eigenvalue weighted by Gasteiger charge is -2.40. The summed E-state index contributed by atoms with van der Waals surface area (Å²) in [6.45, 7) is -0.0187. The van der Waals surface area contributed by atoms with Crippen molar-refractivity contribution in [2.45, 2.75) is 18.7 Å². The molecule has 1 aliphatic heterocycles. The third-order valence-corrected chi connectivity index (χ3v) is 5.91. The number of methoxy groups -OCH3 is 1. The number of amides is 2. The molecule has 178 valence electrons. The average molecular weight is 472 g/mol. The summed E-state index contributed by atoms with van der Waals surface area (Å²) in [5, 5.41) is 22.0. The molecule has 0 saturated carbocycles. The molecule has 1 saturated heterocycles. The number of rotatable bonds is 7. The number of carbonyl (C=O) groups excluding carboxylic acids is 2. The fourth-order valence-electron chi connectivity index (χ4n) is 4.04. The summed E-state index contributed by atoms with van der Waals surface area (Å²) in [5.74, 6) is 0.205. The van der Waals surface area contributed by atoms with Crippen molar-refractivity contribution in [2.24, 2.45) is 0 Å². The molecule has 8 nitrogen and oxygen atoms in total. The molecule has 2 unspecified atom stereocenters. The van der Waals surface area contributed by atoms with Gasteiger partial charge in [-0.25, -0.2) is 0 Å². The minimum atomic E-state index is -0.562. The largest absolute Gasteiger partial charge is 0.497 e. The molecule has 35 heavy (non-hydrogen) atoms. The molecular weight excluding hydrogens is 446 g/mol. The number of hydrogen-bond donors (Lipinski definition) is 2. The van der Waals surface area contributed by atoms with Crippen LogP contribution >= 0.6 is 0 Å². The van der Waals surface area contributed by atoms with E-state index >= 15 is 0 Å². The van der Waals surface area contributed by atoms with Gasteiger partial charge in [-0.2, -0.15) is 5.26 Å². The second-order valence-electron chi connectivity index (χ2n) is 8.12. The number of nitrogens with one attached hydrogen (secondary N) is 1. The van der Waals surface area contributed by atoms with E-state index in [1.807, 2.05) is 30.3 Å². The van der Waals surface area contributed by atoms with Gasteiger partial charge in [-0.3, -0.25) is 9.59 Å². The second kappa shape index (κ2) is 10.8. The first-order valence-electron chi connectivity index (χ1n) is 11.1. The van der Waals surface area contributed by atoms with Crippen LogP contribution in [0.4, 0.5) is 5.69 Å². The smallest absolute Gasteiger partial charge is 0.255 e. The Morgan fingerprint density at radius 3 is 2.57 bits per heavy atom. The van der Waals surface area contributed by atoms with Crippen LogP contribution in [0.2, 0.25) is 0 Å². The third kappa shape index (κ3) is 5.49. The molecule has 0 bridgehead atoms. The van der Waals surface area contributed by atoms with E-state index in [0.717, 1.165) is 16.9 Å². The van der Waals surface area contributed by atoms with Gasteiger partial charge in [0.1, 0.15) is 18.5 Å². The van der Waals surface area contributed by atoms with E-state index in [9.17, 15) is 14.7 Å². The van der Waals surface area contributed by atoms with Gasteiger partial charge in [0.25, 0.3) is 5.91 Å². The number of nitrogens with zero attached hydrogens (tertiary/aromatic N) is 2. The topological polar surface area (TPSA) is 112 Å². The SMILES string of the molecule is COc1ccc(CN2C(=O)COC(c3ccc(NC(=O)c4cccc(C#N)c4)cc3)C2CO)cc1. The minimum absolute atomic E-state index is 0.0922. The maximum Gasteiger partial charge on any atom is 0.255 e. The number of morpholine rings is 1. The predicted molar refractivity (Wildman–Crippen MR) is 129 cm³/mol. The molecular formula is C27H25N3O5. The summed E-state index contributed by atoms with van der Waals surface area (Å²) in [4.78, 5) is 26.8. The van der Waals surface area contributed by atoms with Gasteiger partial charge in [-0.05, 0) is 53.6 Å². The Morgan fingerprint density at radius 2 is 1.91 bits per heavy atom. The van der Waals surface area contributed by atoms with Crippen molar-refractivity contribution in [3.63, 3.8) is 0 Å². The van der Waals surface area contributed by atoms with Crippen molar-refractivity contribution in [3.8, 4) is 11.8 Å². The first-order valence-corrected chi connectivity index (χ1v) is 11.1. The molecule has 3 aromatic carbocycles. The van der Waals surface area contributed by atoms with E-state index in [2.05, 4.69) is 5.32 Å². The molecule has 2 amide bonds. The summed E-state index contributed by atoms with van der Waals surface area (Å²) in [6.07, 6.45) is -0.520. The lowest BCUT2D eigenvalue weighted by Crippen LogP contribution is -2.52. The zero-order valence-corrected chi connectivity index (χ0v) is 19.2. The molecule has 2 atom stereocenters. The number of aliphatic hydroxyl groups excluding tert-OH is 1. The Kier molecular flexibility index (Phi) is 7.41. The second-order valence-corrected chi connectivity index (χ2v) is 8.12. The molecule has 4 rings (SSSR count). The normalized spacial score (nSPS) is 17.5. The molecule has 8 heteroatoms. The molecule has 0 aromatic heterocycles. The molecule has 1 heterocycles. The summed E-state index contributed by atoms with van der Waals surface area (Å²) in [5.41, 5.74) is 3.06. The zero-order chi connectivity index (χ0) is 24.8. The van der Waals surface area contributed by atoms with Crippen molar-refractivity contribution >= 4 is 17.5 Å². The van der Waals surface area contributed by atoms with Crippen molar-refractivity contribution in [2.75, 3.05) is 25.6 Å². The van der Waals surface area contributed by atoms with Gasteiger partial charge in [-0.15, -0.1) is 0 Å². The number of anilines is 1. The predicted octanol–water partition coefficient (Wildman–Crippen LogP) is 3.28. The summed E-state index contributed by atoms with van der Waals surface area (Å²) >= 11 is 0. The highest BCUT2D eigenvalue weighted by Crippen LogP contribution is 2.31. The van der Waals surface area contributed by atoms with Crippen LogP contribution in [-0.2, 0) is 16.1 Å². The Hall–Kier alpha value is -4.19. The Balaban J connectivity index is 1.47. The number of ether oxygens (including phenoxy) is 2. The van der Waals surface area contributed by atoms with Crippen LogP contribution in [0.1, 0.15) is 33.2 Å². The van der Waals surface area contributed by atoms with Crippen LogP contribution in [-0.4, -0.2) is 48.2 Å². The van der Waals surface area contributed by atoms with Crippen LogP contribution in [0.15, 0.2) is 72.8 Å². The van der Waals surface area contributed by atoms with Gasteiger partial charge >= 0.3 is 0 Å². The van der Waals surface area contributed by atoms with Crippen LogP contribution in [0, 0.1) is 11.3 Å². The lowest BCUT2D eigenvalue weighted by atomic mass is 9.98. The molecule has 3 aromatic rings. The zero-order valence-electron chi connectivity index (χ0n) is 19.2. The van der Waals surface area contributed by atoms with Crippen molar-refractivity contribution in [3.05, 3.63) is 95.1 Å². The van der Waals surface area contributed by atoms with E-state index in [-0.39, 0.29) is 25.0 Å². The van der Waals surface area contributed by atoms with Gasteiger partial charge in [0.05, 0.1) is 31.4 Å². The van der Waals surface area contributed by atoms with E-state index in [1.165, 1.54) is 6.07 Å². The minimum Gasteiger partial charge on any atom is -0.497 e. The first-order chi connectivity index (χ1) is 17.0. The van der Waals surface area contributed by atoms with E-state index in [0.29, 0.717) is 23.4 Å². The molecule has 0 spiro atoms. The highest BCUT2D eigenvalue weighted by Gasteiger charge is 2.37. The fourth-order valence-corrected chi connectivity index (χ4v) is 4.04. The summed E-state index contributed by atoms with van der Waals surface area (Å²) in [7, 11) is 1.59. The number of nitriles is 1. The maximum absolute atomic E-state index is 12.6. The Labute approximate surface area is 203 Å². The fraction of sp³-hybridized carbons (Fsp3) is 0.222. The number of benzene rings is 3. The summed E-state index contributed by atoms with van der Waals surface area (Å²) in [6, 6.07) is 22.4. The van der Waals surface area contributed by atoms with E-state index < -0.39 is 12.1 Å². The van der Waals surface area contributed by atoms with Gasteiger partial charge in [0.2, 0.25) is 5.91 Å². The molecule has 1 fully saturated rings. The maximum atomic E-state index is 12.6. The molecule has 1 aliphatic rings. The monoisotopic (exact) mass is 471 g/mol. The van der Waals surface area contributed by atoms with Gasteiger partial charge < -0.3 is 24.8 Å². The molecule has 0 aliphatic carbocycles. The molecule has 2 N–H and O–H groups in total. The van der Waals surface area contributed by atoms with Crippen LogP contribution in [0.25, 0.3) is 0 Å². The third-order valence-electron chi connectivity index (χ3n) is 5.91. The van der Waals surface area contributed by atoms with Gasteiger partial charge in [0, 0.05) is 17.8 Å². The van der Waals surface area contributed by atoms with E-state index in [4.69, 9.17) is 14.7 Å². The van der Waals surface area contributed by atoms with Crippen molar-refractivity contribution in [1.82, 2.24) is 4.90 Å². The quantitative estimate of drug-likeness (QED) is 0.547. The Morgan fingerprint density at radius 1 is 1.17 bits per heavy atom. The number of aliphatic hydroxyl groups is 1. The van der Waals surface area contributed by atoms with Crippen molar-refractivity contribution in [1.29, 1.82) is 5.26 Å². The van der Waals surface area contributed by atoms with E-state index in [1.54, 1.807) is 54.5 Å². The van der Waals surface area contributed by atoms with Gasteiger partial charge in [0.15, 0.2) is 0 Å². The van der Waals surface area contributed by atoms with Crippen LogP contribution in [0.3, 0.4) is 0 Å². The highest BCUT2D eigenvalue weighted by molar-refractivity contribution is 6.04. The van der Waals surface area contributed by atoms with Crippen LogP contribution < -0.4 is 10.1 Å². The van der Waals surface area contributed by atoms with Crippen LogP contribution in [0.5, 0.6) is 5.75 Å². The highest BCUT2D eigenvalue weighted by atomic mass is 16.5. The Bertz CT molecular complexity index is 1230. The lowest BCUT2D eigenvalue weighted by molar-refractivity contribution is -0.162. The van der Waals surface area contributed by atoms with Gasteiger partial charge in [-0.1, -0.05) is 30.3 Å². The standard InChI is InChI=1S/C27H25N3O5/c1-34-23-11-5-18(6-12-23)15-30-24(16-31)26(35-17-25(30)32)20-7-9-22(10-8-20)29-27(33)21-4-2-3-19(13-21)14-28/h2-13,24,26,31H,15-17H2,1H3,(H,29,33). The van der Waals surface area contributed by atoms with Crippen molar-refractivity contribution < 1.29 is 24.2 Å². The number of hydrogen-bond acceptors (Lipinski definition) is 6. The summed E-state index contributed by atoms with van der Waals surface area (Å²) < 4.78 is 11.0. The number of carbonyl (C=O) groups is 2. The average Bonchev–Trinajstić information content (AvgIpc) is 2.90. The first kappa shape index (κ1) is 24.0.